The second-order valence-electron chi connectivity index (χ2n) is 6.97. The molecule has 2 aromatic carbocycles. The summed E-state index contributed by atoms with van der Waals surface area (Å²) in [6.45, 7) is 2.04. The van der Waals surface area contributed by atoms with Crippen molar-refractivity contribution in [2.24, 2.45) is 0 Å². The van der Waals surface area contributed by atoms with Gasteiger partial charge in [0.05, 0.1) is 13.2 Å². The summed E-state index contributed by atoms with van der Waals surface area (Å²) in [6, 6.07) is 19.5. The number of amides is 1. The first-order valence-electron chi connectivity index (χ1n) is 9.31. The summed E-state index contributed by atoms with van der Waals surface area (Å²) in [5.74, 6) is 1.31. The maximum Gasteiger partial charge on any atom is 0.276 e. The average molecular weight is 377 g/mol. The Morgan fingerprint density at radius 1 is 1.11 bits per heavy atom. The van der Waals surface area contributed by atoms with Crippen LogP contribution in [0.5, 0.6) is 5.75 Å². The monoisotopic (exact) mass is 377 g/mol. The van der Waals surface area contributed by atoms with Gasteiger partial charge >= 0.3 is 0 Å². The van der Waals surface area contributed by atoms with Gasteiger partial charge in [-0.1, -0.05) is 47.6 Å². The number of methoxy groups -OCH3 is 1. The van der Waals surface area contributed by atoms with E-state index >= 15 is 0 Å². The maximum absolute atomic E-state index is 13.0. The molecule has 0 N–H and O–H groups in total. The Morgan fingerprint density at radius 3 is 2.71 bits per heavy atom. The summed E-state index contributed by atoms with van der Waals surface area (Å²) in [7, 11) is 3.74. The van der Waals surface area contributed by atoms with Crippen LogP contribution in [0.15, 0.2) is 65.2 Å². The number of carbonyl (C=O) groups is 1. The van der Waals surface area contributed by atoms with Crippen molar-refractivity contribution in [1.82, 2.24) is 15.0 Å². The number of aromatic nitrogens is 1. The van der Waals surface area contributed by atoms with E-state index in [4.69, 9.17) is 9.26 Å². The van der Waals surface area contributed by atoms with Crippen molar-refractivity contribution >= 4 is 5.91 Å². The van der Waals surface area contributed by atoms with Crippen LogP contribution in [-0.2, 0) is 0 Å². The Hall–Kier alpha value is -3.12. The third-order valence-corrected chi connectivity index (χ3v) is 5.20. The molecule has 28 heavy (non-hydrogen) atoms. The zero-order valence-corrected chi connectivity index (χ0v) is 16.0. The van der Waals surface area contributed by atoms with Crippen molar-refractivity contribution in [1.29, 1.82) is 0 Å². The SMILES string of the molecule is COc1cccc(C2CN(C(=O)c3cc(-c4ccccc4)on3)CCN2C)c1. The van der Waals surface area contributed by atoms with E-state index < -0.39 is 0 Å². The van der Waals surface area contributed by atoms with Crippen molar-refractivity contribution in [3.8, 4) is 17.1 Å². The minimum Gasteiger partial charge on any atom is -0.497 e. The fourth-order valence-corrected chi connectivity index (χ4v) is 3.54. The smallest absolute Gasteiger partial charge is 0.276 e. The summed E-state index contributed by atoms with van der Waals surface area (Å²) >= 11 is 0. The summed E-state index contributed by atoms with van der Waals surface area (Å²) in [4.78, 5) is 17.1. The first-order chi connectivity index (χ1) is 13.7. The first-order valence-corrected chi connectivity index (χ1v) is 9.31. The molecule has 1 aromatic heterocycles. The lowest BCUT2D eigenvalue weighted by Gasteiger charge is -2.39. The topological polar surface area (TPSA) is 58.8 Å². The average Bonchev–Trinajstić information content (AvgIpc) is 3.24. The number of hydrogen-bond acceptors (Lipinski definition) is 5. The molecule has 1 saturated heterocycles. The van der Waals surface area contributed by atoms with Gasteiger partial charge in [0.25, 0.3) is 5.91 Å². The molecule has 4 rings (SSSR count). The standard InChI is InChI=1S/C22H23N3O3/c1-24-11-12-25(15-20(24)17-9-6-10-18(13-17)27-2)22(26)19-14-21(28-23-19)16-7-4-3-5-8-16/h3-10,13-14,20H,11-12,15H2,1-2H3. The predicted molar refractivity (Wildman–Crippen MR) is 106 cm³/mol. The Labute approximate surface area is 164 Å². The number of hydrogen-bond donors (Lipinski definition) is 0. The molecular weight excluding hydrogens is 354 g/mol. The van der Waals surface area contributed by atoms with Gasteiger partial charge in [-0.3, -0.25) is 9.69 Å². The van der Waals surface area contributed by atoms with Crippen LogP contribution in [-0.4, -0.2) is 54.7 Å². The molecule has 0 aliphatic carbocycles. The van der Waals surface area contributed by atoms with Crippen molar-refractivity contribution in [3.63, 3.8) is 0 Å². The molecule has 144 valence electrons. The van der Waals surface area contributed by atoms with Gasteiger partial charge < -0.3 is 14.2 Å². The highest BCUT2D eigenvalue weighted by Gasteiger charge is 2.30. The number of rotatable bonds is 4. The third kappa shape index (κ3) is 3.64. The van der Waals surface area contributed by atoms with E-state index in [0.717, 1.165) is 23.4 Å². The van der Waals surface area contributed by atoms with E-state index in [-0.39, 0.29) is 11.9 Å². The van der Waals surface area contributed by atoms with E-state index in [0.29, 0.717) is 24.5 Å². The Morgan fingerprint density at radius 2 is 1.93 bits per heavy atom. The van der Waals surface area contributed by atoms with Gasteiger partial charge in [0.2, 0.25) is 0 Å². The van der Waals surface area contributed by atoms with Crippen LogP contribution in [0.4, 0.5) is 0 Å². The Bertz CT molecular complexity index is 954. The molecule has 1 aliphatic heterocycles. The van der Waals surface area contributed by atoms with Crippen molar-refractivity contribution in [2.45, 2.75) is 6.04 Å². The van der Waals surface area contributed by atoms with Crippen LogP contribution in [0.25, 0.3) is 11.3 Å². The highest BCUT2D eigenvalue weighted by atomic mass is 16.5. The molecule has 2 heterocycles. The summed E-state index contributed by atoms with van der Waals surface area (Å²) < 4.78 is 10.7. The summed E-state index contributed by atoms with van der Waals surface area (Å²) in [5.41, 5.74) is 2.37. The van der Waals surface area contributed by atoms with Gasteiger partial charge in [-0.2, -0.15) is 0 Å². The second kappa shape index (κ2) is 7.86. The molecule has 1 aliphatic rings. The molecule has 0 saturated carbocycles. The molecule has 6 nitrogen and oxygen atoms in total. The zero-order chi connectivity index (χ0) is 19.5. The predicted octanol–water partition coefficient (Wildman–Crippen LogP) is 3.48. The molecule has 3 aromatic rings. The molecule has 0 spiro atoms. The van der Waals surface area contributed by atoms with Gasteiger partial charge in [0.1, 0.15) is 5.75 Å². The van der Waals surface area contributed by atoms with Gasteiger partial charge in [-0.25, -0.2) is 0 Å². The van der Waals surface area contributed by atoms with Crippen LogP contribution in [0.1, 0.15) is 22.1 Å². The fraction of sp³-hybridized carbons (Fsp3) is 0.273. The van der Waals surface area contributed by atoms with Gasteiger partial charge in [0, 0.05) is 31.3 Å². The lowest BCUT2D eigenvalue weighted by molar-refractivity contribution is 0.0536. The lowest BCUT2D eigenvalue weighted by Crippen LogP contribution is -2.49. The minimum absolute atomic E-state index is 0.105. The third-order valence-electron chi connectivity index (χ3n) is 5.20. The quantitative estimate of drug-likeness (QED) is 0.697. The van der Waals surface area contributed by atoms with E-state index in [1.54, 1.807) is 13.2 Å². The molecule has 6 heteroatoms. The van der Waals surface area contributed by atoms with Gasteiger partial charge in [-0.05, 0) is 24.7 Å². The van der Waals surface area contributed by atoms with Crippen molar-refractivity contribution < 1.29 is 14.1 Å². The zero-order valence-electron chi connectivity index (χ0n) is 16.0. The number of ether oxygens (including phenoxy) is 1. The van der Waals surface area contributed by atoms with Crippen molar-refractivity contribution in [3.05, 3.63) is 71.9 Å². The largest absolute Gasteiger partial charge is 0.497 e. The molecule has 1 atom stereocenters. The van der Waals surface area contributed by atoms with Crippen LogP contribution in [0.2, 0.25) is 0 Å². The number of nitrogens with zero attached hydrogens (tertiary/aromatic N) is 3. The van der Waals surface area contributed by atoms with Crippen LogP contribution in [0.3, 0.4) is 0 Å². The highest BCUT2D eigenvalue weighted by Crippen LogP contribution is 2.28. The van der Waals surface area contributed by atoms with Crippen LogP contribution in [0, 0.1) is 0 Å². The van der Waals surface area contributed by atoms with Crippen molar-refractivity contribution in [2.75, 3.05) is 33.8 Å². The van der Waals surface area contributed by atoms with E-state index in [9.17, 15) is 4.79 Å². The summed E-state index contributed by atoms with van der Waals surface area (Å²) in [5, 5.41) is 4.01. The Kier molecular flexibility index (Phi) is 5.12. The molecule has 0 radical (unpaired) electrons. The van der Waals surface area contributed by atoms with Crippen LogP contribution >= 0.6 is 0 Å². The lowest BCUT2D eigenvalue weighted by atomic mass is 10.0. The highest BCUT2D eigenvalue weighted by molar-refractivity contribution is 5.93. The molecule has 1 unspecified atom stereocenters. The molecule has 0 bridgehead atoms. The normalized spacial score (nSPS) is 17.5. The number of benzene rings is 2. The number of carbonyl (C=O) groups excluding carboxylic acids is 1. The minimum atomic E-state index is -0.105. The molecule has 1 fully saturated rings. The van der Waals surface area contributed by atoms with E-state index in [2.05, 4.69) is 23.2 Å². The van der Waals surface area contributed by atoms with Crippen LogP contribution < -0.4 is 4.74 Å². The molecular formula is C22H23N3O3. The fourth-order valence-electron chi connectivity index (χ4n) is 3.54. The van der Waals surface area contributed by atoms with E-state index in [1.165, 1.54) is 0 Å². The number of likely N-dealkylation sites (N-methyl/N-ethyl adjacent to an activating group) is 1. The van der Waals surface area contributed by atoms with Gasteiger partial charge in [-0.15, -0.1) is 0 Å². The van der Waals surface area contributed by atoms with E-state index in [1.807, 2.05) is 53.4 Å². The second-order valence-corrected chi connectivity index (χ2v) is 6.97. The first kappa shape index (κ1) is 18.3. The summed E-state index contributed by atoms with van der Waals surface area (Å²) in [6.07, 6.45) is 0. The Balaban J connectivity index is 1.53. The number of piperazine rings is 1. The maximum atomic E-state index is 13.0. The molecule has 1 amide bonds. The van der Waals surface area contributed by atoms with Gasteiger partial charge in [0.15, 0.2) is 11.5 Å².